The van der Waals surface area contributed by atoms with Crippen LogP contribution in [0.3, 0.4) is 0 Å². The van der Waals surface area contributed by atoms with Crippen LogP contribution >= 0.6 is 15.9 Å². The van der Waals surface area contributed by atoms with Gasteiger partial charge < -0.3 is 9.47 Å². The predicted molar refractivity (Wildman–Crippen MR) is 71.5 cm³/mol. The highest BCUT2D eigenvalue weighted by atomic mass is 79.9. The van der Waals surface area contributed by atoms with E-state index in [1.165, 1.54) is 0 Å². The van der Waals surface area contributed by atoms with Gasteiger partial charge in [0, 0.05) is 27.1 Å². The predicted octanol–water partition coefficient (Wildman–Crippen LogP) is 3.54. The van der Waals surface area contributed by atoms with Gasteiger partial charge >= 0.3 is 0 Å². The summed E-state index contributed by atoms with van der Waals surface area (Å²) in [5.74, 6) is 0.767. The molecule has 0 aliphatic heterocycles. The fraction of sp³-hybridized carbons (Fsp3) is 0.545. The Balaban J connectivity index is 2.19. The number of hydrogen-bond donors (Lipinski definition) is 0. The Morgan fingerprint density at radius 2 is 2.12 bits per heavy atom. The van der Waals surface area contributed by atoms with Crippen LogP contribution in [0.4, 0.5) is 0 Å². The van der Waals surface area contributed by atoms with Crippen molar-refractivity contribution in [2.24, 2.45) is 0 Å². The van der Waals surface area contributed by atoms with Gasteiger partial charge in [-0.2, -0.15) is 0 Å². The average molecular weight is 304 g/mol. The van der Waals surface area contributed by atoms with Crippen LogP contribution in [0.1, 0.15) is 0 Å². The first kappa shape index (κ1) is 13.7. The van der Waals surface area contributed by atoms with Gasteiger partial charge in [0.2, 0.25) is 0 Å². The number of aromatic nitrogens is 1. The third-order valence-corrected chi connectivity index (χ3v) is 4.33. The highest BCUT2D eigenvalue weighted by molar-refractivity contribution is 9.10. The summed E-state index contributed by atoms with van der Waals surface area (Å²) in [4.78, 5) is 3.96. The Kier molecular flexibility index (Phi) is 5.44. The van der Waals surface area contributed by atoms with Gasteiger partial charge in [0.1, 0.15) is 5.75 Å². The molecule has 1 heterocycles. The van der Waals surface area contributed by atoms with Crippen molar-refractivity contribution in [1.82, 2.24) is 4.98 Å². The van der Waals surface area contributed by atoms with Crippen molar-refractivity contribution in [3.8, 4) is 5.75 Å². The molecule has 0 unspecified atom stereocenters. The molecule has 0 aromatic carbocycles. The van der Waals surface area contributed by atoms with E-state index in [0.717, 1.165) is 22.9 Å². The number of nitrogens with zero attached hydrogens (tertiary/aromatic N) is 1. The Labute approximate surface area is 106 Å². The maximum Gasteiger partial charge on any atom is 0.189 e. The molecule has 3 nitrogen and oxygen atoms in total. The molecule has 16 heavy (non-hydrogen) atoms. The van der Waals surface area contributed by atoms with Crippen LogP contribution < -0.4 is 4.74 Å². The second-order valence-electron chi connectivity index (χ2n) is 4.79. The molecule has 0 N–H and O–H groups in total. The molecule has 0 saturated carbocycles. The number of hydrogen-bond acceptors (Lipinski definition) is 3. The van der Waals surface area contributed by atoms with E-state index in [-0.39, 0.29) is 0 Å². The standard InChI is InChI=1S/C11H18BrNO2Si/c1-16(2,3)7-6-14-9-15-11-4-5-13-8-10(11)12/h4-5,8H,6-7,9H2,1-3H3. The second kappa shape index (κ2) is 6.37. The Morgan fingerprint density at radius 3 is 2.75 bits per heavy atom. The van der Waals surface area contributed by atoms with E-state index in [4.69, 9.17) is 9.47 Å². The first-order chi connectivity index (χ1) is 7.49. The minimum atomic E-state index is -0.997. The molecule has 0 saturated heterocycles. The minimum absolute atomic E-state index is 0.299. The third kappa shape index (κ3) is 5.63. The molecule has 90 valence electrons. The molecule has 0 spiro atoms. The lowest BCUT2D eigenvalue weighted by Gasteiger charge is -2.15. The molecule has 5 heteroatoms. The molecule has 1 aromatic rings. The van der Waals surface area contributed by atoms with Crippen molar-refractivity contribution >= 4 is 24.0 Å². The first-order valence-corrected chi connectivity index (χ1v) is 9.79. The van der Waals surface area contributed by atoms with Gasteiger partial charge in [-0.25, -0.2) is 0 Å². The highest BCUT2D eigenvalue weighted by Gasteiger charge is 2.11. The van der Waals surface area contributed by atoms with E-state index in [0.29, 0.717) is 6.79 Å². The van der Waals surface area contributed by atoms with Crippen LogP contribution in [0.15, 0.2) is 22.9 Å². The SMILES string of the molecule is C[Si](C)(C)CCOCOc1ccncc1Br. The molecule has 0 bridgehead atoms. The fourth-order valence-corrected chi connectivity index (χ4v) is 2.14. The molecule has 1 aromatic heterocycles. The molecule has 0 amide bonds. The lowest BCUT2D eigenvalue weighted by atomic mass is 10.5. The summed E-state index contributed by atoms with van der Waals surface area (Å²) in [6.07, 6.45) is 3.40. The molecular formula is C11H18BrNO2Si. The molecule has 0 fully saturated rings. The van der Waals surface area contributed by atoms with Crippen LogP contribution in [0.5, 0.6) is 5.75 Å². The molecule has 0 radical (unpaired) electrons. The van der Waals surface area contributed by atoms with Crippen molar-refractivity contribution in [3.63, 3.8) is 0 Å². The van der Waals surface area contributed by atoms with Gasteiger partial charge in [-0.05, 0) is 28.0 Å². The maximum absolute atomic E-state index is 5.46. The summed E-state index contributed by atoms with van der Waals surface area (Å²) in [5, 5.41) is 0. The summed E-state index contributed by atoms with van der Waals surface area (Å²) < 4.78 is 11.7. The summed E-state index contributed by atoms with van der Waals surface area (Å²) >= 11 is 3.36. The van der Waals surface area contributed by atoms with Crippen LogP contribution in [-0.4, -0.2) is 26.5 Å². The van der Waals surface area contributed by atoms with Crippen LogP contribution in [0.25, 0.3) is 0 Å². The monoisotopic (exact) mass is 303 g/mol. The van der Waals surface area contributed by atoms with Gasteiger partial charge in [-0.1, -0.05) is 19.6 Å². The lowest BCUT2D eigenvalue weighted by Crippen LogP contribution is -2.22. The zero-order valence-corrected chi connectivity index (χ0v) is 12.6. The Bertz CT molecular complexity index is 328. The first-order valence-electron chi connectivity index (χ1n) is 5.29. The topological polar surface area (TPSA) is 31.4 Å². The van der Waals surface area contributed by atoms with Crippen LogP contribution in [0, 0.1) is 0 Å². The lowest BCUT2D eigenvalue weighted by molar-refractivity contribution is 0.0215. The van der Waals surface area contributed by atoms with Crippen molar-refractivity contribution in [2.75, 3.05) is 13.4 Å². The largest absolute Gasteiger partial charge is 0.466 e. The normalized spacial score (nSPS) is 11.5. The van der Waals surface area contributed by atoms with Gasteiger partial charge in [-0.3, -0.25) is 4.98 Å². The van der Waals surface area contributed by atoms with E-state index in [2.05, 4.69) is 40.6 Å². The number of halogens is 1. The minimum Gasteiger partial charge on any atom is -0.466 e. The van der Waals surface area contributed by atoms with E-state index in [1.807, 2.05) is 6.07 Å². The highest BCUT2D eigenvalue weighted by Crippen LogP contribution is 2.22. The van der Waals surface area contributed by atoms with Crippen molar-refractivity contribution in [3.05, 3.63) is 22.9 Å². The van der Waals surface area contributed by atoms with E-state index >= 15 is 0 Å². The summed E-state index contributed by atoms with van der Waals surface area (Å²) in [6.45, 7) is 8.07. The quantitative estimate of drug-likeness (QED) is 0.458. The number of rotatable bonds is 6. The van der Waals surface area contributed by atoms with Crippen molar-refractivity contribution in [2.45, 2.75) is 25.7 Å². The van der Waals surface area contributed by atoms with Crippen molar-refractivity contribution < 1.29 is 9.47 Å². The van der Waals surface area contributed by atoms with E-state index in [9.17, 15) is 0 Å². The summed E-state index contributed by atoms with van der Waals surface area (Å²) in [5.41, 5.74) is 0. The zero-order chi connectivity index (χ0) is 12.0. The Morgan fingerprint density at radius 1 is 1.38 bits per heavy atom. The van der Waals surface area contributed by atoms with Gasteiger partial charge in [0.25, 0.3) is 0 Å². The average Bonchev–Trinajstić information content (AvgIpc) is 2.18. The molecule has 0 atom stereocenters. The molecule has 0 aliphatic carbocycles. The van der Waals surface area contributed by atoms with E-state index in [1.54, 1.807) is 12.4 Å². The summed E-state index contributed by atoms with van der Waals surface area (Å²) in [7, 11) is -0.997. The number of pyridine rings is 1. The van der Waals surface area contributed by atoms with Gasteiger partial charge in [0.15, 0.2) is 6.79 Å². The van der Waals surface area contributed by atoms with E-state index < -0.39 is 8.07 Å². The van der Waals surface area contributed by atoms with Crippen LogP contribution in [0.2, 0.25) is 25.7 Å². The molecule has 0 aliphatic rings. The third-order valence-electron chi connectivity index (χ3n) is 2.03. The summed E-state index contributed by atoms with van der Waals surface area (Å²) in [6, 6.07) is 2.97. The zero-order valence-electron chi connectivity index (χ0n) is 10.00. The maximum atomic E-state index is 5.46. The molecule has 1 rings (SSSR count). The molecular weight excluding hydrogens is 286 g/mol. The number of ether oxygens (including phenoxy) is 2. The second-order valence-corrected chi connectivity index (χ2v) is 11.3. The van der Waals surface area contributed by atoms with Crippen molar-refractivity contribution in [1.29, 1.82) is 0 Å². The van der Waals surface area contributed by atoms with Crippen LogP contribution in [-0.2, 0) is 4.74 Å². The fourth-order valence-electron chi connectivity index (χ4n) is 1.02. The smallest absolute Gasteiger partial charge is 0.189 e. The van der Waals surface area contributed by atoms with Gasteiger partial charge in [0.05, 0.1) is 4.47 Å². The van der Waals surface area contributed by atoms with Gasteiger partial charge in [-0.15, -0.1) is 0 Å². The Hall–Kier alpha value is -0.393.